The topological polar surface area (TPSA) is 25.2 Å². The second kappa shape index (κ2) is 7.48. The van der Waals surface area contributed by atoms with Crippen molar-refractivity contribution in [2.75, 3.05) is 7.05 Å². The van der Waals surface area contributed by atoms with Gasteiger partial charge in [0, 0.05) is 33.3 Å². The average molecular weight is 440 g/mol. The lowest BCUT2D eigenvalue weighted by molar-refractivity contribution is 0.715. The SMILES string of the molecule is CN=C(/C=C/c1cnc2ccccc2c1)C(C)(C)c1ccccc1I. The number of rotatable bonds is 4. The molecule has 0 amide bonds. The van der Waals surface area contributed by atoms with Crippen molar-refractivity contribution >= 4 is 45.3 Å². The van der Waals surface area contributed by atoms with Crippen LogP contribution in [0.4, 0.5) is 0 Å². The number of pyridine rings is 1. The van der Waals surface area contributed by atoms with Crippen LogP contribution in [0.2, 0.25) is 0 Å². The first-order chi connectivity index (χ1) is 12.0. The van der Waals surface area contributed by atoms with Gasteiger partial charge in [-0.1, -0.05) is 56.3 Å². The number of para-hydroxylation sites is 1. The van der Waals surface area contributed by atoms with Crippen LogP contribution in [0.15, 0.2) is 71.9 Å². The summed E-state index contributed by atoms with van der Waals surface area (Å²) in [5.74, 6) is 0. The van der Waals surface area contributed by atoms with E-state index in [-0.39, 0.29) is 5.41 Å². The van der Waals surface area contributed by atoms with Gasteiger partial charge in [-0.25, -0.2) is 0 Å². The van der Waals surface area contributed by atoms with E-state index in [0.29, 0.717) is 0 Å². The third-order valence-electron chi connectivity index (χ3n) is 4.47. The van der Waals surface area contributed by atoms with E-state index in [2.05, 4.69) is 95.0 Å². The van der Waals surface area contributed by atoms with E-state index in [1.54, 1.807) is 0 Å². The van der Waals surface area contributed by atoms with Crippen molar-refractivity contribution < 1.29 is 0 Å². The molecule has 0 spiro atoms. The Kier molecular flexibility index (Phi) is 5.33. The lowest BCUT2D eigenvalue weighted by Gasteiger charge is -2.27. The minimum atomic E-state index is -0.159. The summed E-state index contributed by atoms with van der Waals surface area (Å²) >= 11 is 2.40. The van der Waals surface area contributed by atoms with Gasteiger partial charge in [0.15, 0.2) is 0 Å². The summed E-state index contributed by atoms with van der Waals surface area (Å²) < 4.78 is 1.26. The third kappa shape index (κ3) is 3.82. The van der Waals surface area contributed by atoms with Crippen molar-refractivity contribution in [2.45, 2.75) is 19.3 Å². The van der Waals surface area contributed by atoms with E-state index < -0.39 is 0 Å². The molecule has 0 radical (unpaired) electrons. The molecule has 1 heterocycles. The number of halogens is 1. The molecule has 0 saturated carbocycles. The molecule has 0 fully saturated rings. The fourth-order valence-electron chi connectivity index (χ4n) is 3.02. The van der Waals surface area contributed by atoms with Crippen molar-refractivity contribution in [1.82, 2.24) is 4.98 Å². The number of nitrogens with zero attached hydrogens (tertiary/aromatic N) is 2. The number of benzene rings is 2. The first-order valence-electron chi connectivity index (χ1n) is 8.27. The molecular weight excluding hydrogens is 419 g/mol. The molecule has 1 aromatic heterocycles. The van der Waals surface area contributed by atoms with Crippen molar-refractivity contribution in [3.05, 3.63) is 81.6 Å². The Morgan fingerprint density at radius 3 is 2.56 bits per heavy atom. The van der Waals surface area contributed by atoms with E-state index >= 15 is 0 Å². The van der Waals surface area contributed by atoms with E-state index in [1.165, 1.54) is 9.13 Å². The van der Waals surface area contributed by atoms with Crippen LogP contribution < -0.4 is 0 Å². The molecule has 0 aliphatic carbocycles. The van der Waals surface area contributed by atoms with E-state index in [4.69, 9.17) is 0 Å². The number of aliphatic imine (C=N–C) groups is 1. The normalized spacial score (nSPS) is 12.9. The average Bonchev–Trinajstić information content (AvgIpc) is 2.62. The zero-order chi connectivity index (χ0) is 17.9. The zero-order valence-electron chi connectivity index (χ0n) is 14.7. The molecule has 3 heteroatoms. The largest absolute Gasteiger partial charge is 0.292 e. The zero-order valence-corrected chi connectivity index (χ0v) is 16.9. The number of hydrogen-bond donors (Lipinski definition) is 0. The summed E-state index contributed by atoms with van der Waals surface area (Å²) in [6.07, 6.45) is 6.11. The fraction of sp³-hybridized carbons (Fsp3) is 0.182. The number of aromatic nitrogens is 1. The van der Waals surface area contributed by atoms with Crippen LogP contribution in [0.25, 0.3) is 17.0 Å². The minimum absolute atomic E-state index is 0.159. The maximum Gasteiger partial charge on any atom is 0.0702 e. The van der Waals surface area contributed by atoms with E-state index in [0.717, 1.165) is 22.2 Å². The van der Waals surface area contributed by atoms with Gasteiger partial charge in [-0.05, 0) is 58.0 Å². The molecule has 2 nitrogen and oxygen atoms in total. The fourth-order valence-corrected chi connectivity index (χ4v) is 4.08. The lowest BCUT2D eigenvalue weighted by Crippen LogP contribution is -2.28. The molecule has 0 atom stereocenters. The summed E-state index contributed by atoms with van der Waals surface area (Å²) in [5.41, 5.74) is 4.27. The Balaban J connectivity index is 1.93. The van der Waals surface area contributed by atoms with Gasteiger partial charge in [0.1, 0.15) is 0 Å². The van der Waals surface area contributed by atoms with Crippen LogP contribution >= 0.6 is 22.6 Å². The Morgan fingerprint density at radius 2 is 1.80 bits per heavy atom. The van der Waals surface area contributed by atoms with Crippen LogP contribution in [-0.2, 0) is 5.41 Å². The Bertz CT molecular complexity index is 955. The maximum absolute atomic E-state index is 4.56. The summed E-state index contributed by atoms with van der Waals surface area (Å²) in [5, 5.41) is 1.15. The highest BCUT2D eigenvalue weighted by atomic mass is 127. The molecular formula is C22H21IN2. The molecule has 0 aliphatic rings. The maximum atomic E-state index is 4.56. The second-order valence-corrected chi connectivity index (χ2v) is 7.67. The van der Waals surface area contributed by atoms with Gasteiger partial charge in [-0.3, -0.25) is 9.98 Å². The van der Waals surface area contributed by atoms with Crippen molar-refractivity contribution in [2.24, 2.45) is 4.99 Å². The number of hydrogen-bond acceptors (Lipinski definition) is 2. The van der Waals surface area contributed by atoms with Crippen molar-refractivity contribution in [1.29, 1.82) is 0 Å². The highest BCUT2D eigenvalue weighted by Crippen LogP contribution is 2.30. The highest BCUT2D eigenvalue weighted by Gasteiger charge is 2.27. The molecule has 0 unspecified atom stereocenters. The van der Waals surface area contributed by atoms with Crippen LogP contribution in [-0.4, -0.2) is 17.7 Å². The summed E-state index contributed by atoms with van der Waals surface area (Å²) in [4.78, 5) is 9.09. The Hall–Kier alpha value is -2.01. The number of allylic oxidation sites excluding steroid dienone is 1. The molecule has 0 saturated heterocycles. The molecule has 126 valence electrons. The van der Waals surface area contributed by atoms with Crippen LogP contribution in [0, 0.1) is 3.57 Å². The first-order valence-corrected chi connectivity index (χ1v) is 9.35. The molecule has 0 bridgehead atoms. The van der Waals surface area contributed by atoms with Crippen LogP contribution in [0.3, 0.4) is 0 Å². The molecule has 0 N–H and O–H groups in total. The summed E-state index contributed by atoms with van der Waals surface area (Å²) in [6, 6.07) is 18.8. The Labute approximate surface area is 162 Å². The smallest absolute Gasteiger partial charge is 0.0702 e. The van der Waals surface area contributed by atoms with Gasteiger partial charge in [-0.2, -0.15) is 0 Å². The first kappa shape index (κ1) is 17.8. The van der Waals surface area contributed by atoms with Gasteiger partial charge >= 0.3 is 0 Å². The van der Waals surface area contributed by atoms with Gasteiger partial charge in [0.2, 0.25) is 0 Å². The second-order valence-electron chi connectivity index (χ2n) is 6.51. The molecule has 0 aliphatic heterocycles. The number of fused-ring (bicyclic) bond motifs is 1. The van der Waals surface area contributed by atoms with Gasteiger partial charge < -0.3 is 0 Å². The van der Waals surface area contributed by atoms with Gasteiger partial charge in [0.05, 0.1) is 5.52 Å². The van der Waals surface area contributed by atoms with Gasteiger partial charge in [0.25, 0.3) is 0 Å². The van der Waals surface area contributed by atoms with E-state index in [9.17, 15) is 0 Å². The molecule has 3 aromatic rings. The monoisotopic (exact) mass is 440 g/mol. The summed E-state index contributed by atoms with van der Waals surface area (Å²) in [6.45, 7) is 4.44. The van der Waals surface area contributed by atoms with Crippen LogP contribution in [0.1, 0.15) is 25.0 Å². The third-order valence-corrected chi connectivity index (χ3v) is 5.41. The molecule has 2 aromatic carbocycles. The lowest BCUT2D eigenvalue weighted by atomic mass is 9.79. The predicted molar refractivity (Wildman–Crippen MR) is 116 cm³/mol. The molecule has 25 heavy (non-hydrogen) atoms. The minimum Gasteiger partial charge on any atom is -0.292 e. The van der Waals surface area contributed by atoms with Gasteiger partial charge in [-0.15, -0.1) is 0 Å². The van der Waals surface area contributed by atoms with E-state index in [1.807, 2.05) is 31.4 Å². The predicted octanol–water partition coefficient (Wildman–Crippen LogP) is 5.90. The highest BCUT2D eigenvalue weighted by molar-refractivity contribution is 14.1. The summed E-state index contributed by atoms with van der Waals surface area (Å²) in [7, 11) is 1.86. The van der Waals surface area contributed by atoms with Crippen LogP contribution in [0.5, 0.6) is 0 Å². The molecule has 3 rings (SSSR count). The quantitative estimate of drug-likeness (QED) is 0.366. The Morgan fingerprint density at radius 1 is 1.08 bits per heavy atom. The van der Waals surface area contributed by atoms with Crippen molar-refractivity contribution in [3.63, 3.8) is 0 Å². The van der Waals surface area contributed by atoms with Crippen molar-refractivity contribution in [3.8, 4) is 0 Å². The standard InChI is InChI=1S/C22H21IN2/c1-22(2,18-9-5-6-10-19(18)23)21(24-3)13-12-16-14-17-8-4-7-11-20(17)25-15-16/h4-15H,1-3H3/b13-12+,24-21?.